The molecule has 0 unspecified atom stereocenters. The summed E-state index contributed by atoms with van der Waals surface area (Å²) in [7, 11) is 0. The summed E-state index contributed by atoms with van der Waals surface area (Å²) in [6, 6.07) is 18.5. The van der Waals surface area contributed by atoms with Crippen LogP contribution in [0.3, 0.4) is 0 Å². The summed E-state index contributed by atoms with van der Waals surface area (Å²) in [6.07, 6.45) is 1.30. The van der Waals surface area contributed by atoms with Crippen LogP contribution >= 0.6 is 0 Å². The van der Waals surface area contributed by atoms with E-state index >= 15 is 0 Å². The SMILES string of the molecule is N#Cc1ccc(CNC(=O)C2CCN(C(=O)COc3ccccc3)CC2)cc1. The molecule has 0 saturated carbocycles. The Morgan fingerprint density at radius 2 is 1.75 bits per heavy atom. The molecule has 0 aliphatic carbocycles. The van der Waals surface area contributed by atoms with Gasteiger partial charge in [0.25, 0.3) is 5.91 Å². The van der Waals surface area contributed by atoms with Crippen LogP contribution < -0.4 is 10.1 Å². The predicted molar refractivity (Wildman–Crippen MR) is 104 cm³/mol. The minimum atomic E-state index is -0.0857. The van der Waals surface area contributed by atoms with E-state index in [0.717, 1.165) is 5.56 Å². The molecule has 0 atom stereocenters. The van der Waals surface area contributed by atoms with Gasteiger partial charge in [-0.25, -0.2) is 0 Å². The lowest BCUT2D eigenvalue weighted by molar-refractivity contribution is -0.137. The maximum Gasteiger partial charge on any atom is 0.260 e. The van der Waals surface area contributed by atoms with Crippen LogP contribution in [0, 0.1) is 17.2 Å². The molecule has 28 heavy (non-hydrogen) atoms. The number of amides is 2. The summed E-state index contributed by atoms with van der Waals surface area (Å²) in [5, 5.41) is 11.8. The van der Waals surface area contributed by atoms with Gasteiger partial charge in [-0.3, -0.25) is 9.59 Å². The van der Waals surface area contributed by atoms with Crippen LogP contribution in [-0.2, 0) is 16.1 Å². The molecule has 0 radical (unpaired) electrons. The van der Waals surface area contributed by atoms with Gasteiger partial charge >= 0.3 is 0 Å². The molecular formula is C22H23N3O3. The van der Waals surface area contributed by atoms with Crippen molar-refractivity contribution in [3.8, 4) is 11.8 Å². The number of hydrogen-bond donors (Lipinski definition) is 1. The second kappa shape index (κ2) is 9.56. The van der Waals surface area contributed by atoms with Crippen molar-refractivity contribution in [1.29, 1.82) is 5.26 Å². The van der Waals surface area contributed by atoms with Crippen LogP contribution in [0.15, 0.2) is 54.6 Å². The lowest BCUT2D eigenvalue weighted by Gasteiger charge is -2.31. The molecule has 2 aromatic rings. The van der Waals surface area contributed by atoms with Crippen LogP contribution in [0.5, 0.6) is 5.75 Å². The Kier molecular flexibility index (Phi) is 6.64. The number of nitrogens with zero attached hydrogens (tertiary/aromatic N) is 2. The van der Waals surface area contributed by atoms with Crippen LogP contribution in [0.1, 0.15) is 24.0 Å². The Morgan fingerprint density at radius 1 is 1.07 bits per heavy atom. The van der Waals surface area contributed by atoms with E-state index in [0.29, 0.717) is 43.8 Å². The Hall–Kier alpha value is -3.33. The fraction of sp³-hybridized carbons (Fsp3) is 0.318. The third kappa shape index (κ3) is 5.34. The Morgan fingerprint density at radius 3 is 2.39 bits per heavy atom. The molecule has 2 amide bonds. The molecule has 1 fully saturated rings. The second-order valence-electron chi connectivity index (χ2n) is 6.78. The summed E-state index contributed by atoms with van der Waals surface area (Å²) >= 11 is 0. The quantitative estimate of drug-likeness (QED) is 0.838. The first-order valence-corrected chi connectivity index (χ1v) is 9.38. The zero-order chi connectivity index (χ0) is 19.8. The third-order valence-corrected chi connectivity index (χ3v) is 4.87. The van der Waals surface area contributed by atoms with Crippen molar-refractivity contribution in [2.24, 2.45) is 5.92 Å². The first-order chi connectivity index (χ1) is 13.7. The number of ether oxygens (including phenoxy) is 1. The van der Waals surface area contributed by atoms with E-state index in [1.54, 1.807) is 17.0 Å². The highest BCUT2D eigenvalue weighted by atomic mass is 16.5. The third-order valence-electron chi connectivity index (χ3n) is 4.87. The lowest BCUT2D eigenvalue weighted by Crippen LogP contribution is -2.44. The predicted octanol–water partition coefficient (Wildman–Crippen LogP) is 2.49. The average Bonchev–Trinajstić information content (AvgIpc) is 2.77. The molecule has 1 N–H and O–H groups in total. The van der Waals surface area contributed by atoms with Gasteiger partial charge in [0.05, 0.1) is 11.6 Å². The van der Waals surface area contributed by atoms with E-state index < -0.39 is 0 Å². The zero-order valence-electron chi connectivity index (χ0n) is 15.6. The van der Waals surface area contributed by atoms with Gasteiger partial charge in [-0.15, -0.1) is 0 Å². The highest BCUT2D eigenvalue weighted by Crippen LogP contribution is 2.18. The zero-order valence-corrected chi connectivity index (χ0v) is 15.6. The number of likely N-dealkylation sites (tertiary alicyclic amines) is 1. The fourth-order valence-corrected chi connectivity index (χ4v) is 3.17. The number of para-hydroxylation sites is 1. The van der Waals surface area contributed by atoms with Crippen molar-refractivity contribution in [2.75, 3.05) is 19.7 Å². The molecule has 1 saturated heterocycles. The molecule has 3 rings (SSSR count). The number of nitriles is 1. The van der Waals surface area contributed by atoms with Crippen molar-refractivity contribution in [1.82, 2.24) is 10.2 Å². The summed E-state index contributed by atoms with van der Waals surface area (Å²) < 4.78 is 5.51. The molecule has 0 aromatic heterocycles. The van der Waals surface area contributed by atoms with E-state index in [2.05, 4.69) is 11.4 Å². The van der Waals surface area contributed by atoms with E-state index in [1.807, 2.05) is 42.5 Å². The molecule has 2 aromatic carbocycles. The minimum Gasteiger partial charge on any atom is -0.484 e. The van der Waals surface area contributed by atoms with Crippen molar-refractivity contribution in [3.63, 3.8) is 0 Å². The minimum absolute atomic E-state index is 0.0111. The molecule has 0 bridgehead atoms. The maximum absolute atomic E-state index is 12.4. The number of rotatable bonds is 6. The topological polar surface area (TPSA) is 82.4 Å². The summed E-state index contributed by atoms with van der Waals surface area (Å²) in [5.41, 5.74) is 1.56. The van der Waals surface area contributed by atoms with Gasteiger partial charge in [-0.1, -0.05) is 30.3 Å². The van der Waals surface area contributed by atoms with Crippen LogP contribution in [0.2, 0.25) is 0 Å². The highest BCUT2D eigenvalue weighted by Gasteiger charge is 2.27. The van der Waals surface area contributed by atoms with Gasteiger partial charge in [-0.05, 0) is 42.7 Å². The van der Waals surface area contributed by atoms with E-state index in [-0.39, 0.29) is 24.3 Å². The fourth-order valence-electron chi connectivity index (χ4n) is 3.17. The summed E-state index contributed by atoms with van der Waals surface area (Å²) in [6.45, 7) is 1.58. The van der Waals surface area contributed by atoms with Crippen molar-refractivity contribution in [2.45, 2.75) is 19.4 Å². The molecule has 1 heterocycles. The smallest absolute Gasteiger partial charge is 0.260 e. The number of benzene rings is 2. The first-order valence-electron chi connectivity index (χ1n) is 9.38. The Bertz CT molecular complexity index is 836. The number of nitrogens with one attached hydrogen (secondary N) is 1. The van der Waals surface area contributed by atoms with E-state index in [9.17, 15) is 9.59 Å². The standard InChI is InChI=1S/C22H23N3O3/c23-14-17-6-8-18(9-7-17)15-24-22(27)19-10-12-25(13-11-19)21(26)16-28-20-4-2-1-3-5-20/h1-9,19H,10-13,15-16H2,(H,24,27). The van der Waals surface area contributed by atoms with Crippen molar-refractivity contribution >= 4 is 11.8 Å². The van der Waals surface area contributed by atoms with Crippen molar-refractivity contribution < 1.29 is 14.3 Å². The first kappa shape index (κ1) is 19.4. The van der Waals surface area contributed by atoms with E-state index in [1.165, 1.54) is 0 Å². The van der Waals surface area contributed by atoms with Gasteiger partial charge in [-0.2, -0.15) is 5.26 Å². The van der Waals surface area contributed by atoms with E-state index in [4.69, 9.17) is 10.00 Å². The second-order valence-corrected chi connectivity index (χ2v) is 6.78. The van der Waals surface area contributed by atoms with Crippen molar-refractivity contribution in [3.05, 3.63) is 65.7 Å². The van der Waals surface area contributed by atoms with Gasteiger partial charge < -0.3 is 15.0 Å². The largest absolute Gasteiger partial charge is 0.484 e. The molecule has 1 aliphatic rings. The average molecular weight is 377 g/mol. The van der Waals surface area contributed by atoms with Crippen LogP contribution in [0.4, 0.5) is 0 Å². The van der Waals surface area contributed by atoms with Crippen LogP contribution in [0.25, 0.3) is 0 Å². The van der Waals surface area contributed by atoms with Gasteiger partial charge in [0, 0.05) is 25.6 Å². The molecule has 144 valence electrons. The van der Waals surface area contributed by atoms with Gasteiger partial charge in [0.2, 0.25) is 5.91 Å². The number of hydrogen-bond acceptors (Lipinski definition) is 4. The molecule has 6 nitrogen and oxygen atoms in total. The lowest BCUT2D eigenvalue weighted by atomic mass is 9.95. The Balaban J connectivity index is 1.39. The molecular weight excluding hydrogens is 354 g/mol. The summed E-state index contributed by atoms with van der Waals surface area (Å²) in [4.78, 5) is 26.4. The van der Waals surface area contributed by atoms with Crippen LogP contribution in [-0.4, -0.2) is 36.4 Å². The number of piperidine rings is 1. The number of carbonyl (C=O) groups excluding carboxylic acids is 2. The monoisotopic (exact) mass is 377 g/mol. The Labute approximate surface area is 164 Å². The van der Waals surface area contributed by atoms with Gasteiger partial charge in [0.15, 0.2) is 6.61 Å². The normalized spacial score (nSPS) is 14.2. The highest BCUT2D eigenvalue weighted by molar-refractivity contribution is 5.80. The molecule has 0 spiro atoms. The number of carbonyl (C=O) groups is 2. The molecule has 1 aliphatic heterocycles. The van der Waals surface area contributed by atoms with Gasteiger partial charge in [0.1, 0.15) is 5.75 Å². The molecule has 6 heteroatoms. The maximum atomic E-state index is 12.4. The summed E-state index contributed by atoms with van der Waals surface area (Å²) in [5.74, 6) is 0.544.